The third-order valence-electron chi connectivity index (χ3n) is 4.45. The molecule has 5 heteroatoms. The number of aliphatic carboxylic acids is 1. The van der Waals surface area contributed by atoms with E-state index in [1.54, 1.807) is 25.9 Å². The first-order chi connectivity index (χ1) is 7.70. The van der Waals surface area contributed by atoms with E-state index in [1.807, 2.05) is 6.92 Å². The number of carboxylic acids is 1. The minimum absolute atomic E-state index is 0.0501. The van der Waals surface area contributed by atoms with Crippen LogP contribution < -0.4 is 0 Å². The van der Waals surface area contributed by atoms with Crippen LogP contribution in [0.25, 0.3) is 0 Å². The monoisotopic (exact) mass is 353 g/mol. The van der Waals surface area contributed by atoms with Crippen molar-refractivity contribution in [1.29, 1.82) is 0 Å². The van der Waals surface area contributed by atoms with Crippen molar-refractivity contribution in [3.8, 4) is 0 Å². The molecule has 0 unspecified atom stereocenters. The average molecular weight is 353 g/mol. The molecule has 1 rings (SSSR count). The number of nitrogens with zero attached hydrogens (tertiary/aromatic N) is 1. The molecule has 1 aliphatic rings. The maximum Gasteiger partial charge on any atom is 0.309 e. The number of rotatable bonds is 3. The molecular weight excluding hydrogens is 333 g/mol. The van der Waals surface area contributed by atoms with Crippen LogP contribution in [-0.4, -0.2) is 40.4 Å². The number of alkyl halides is 1. The smallest absolute Gasteiger partial charge is 0.309 e. The number of carbonyl (C=O) groups excluding carboxylic acids is 1. The van der Waals surface area contributed by atoms with E-state index in [2.05, 4.69) is 22.6 Å². The molecule has 0 spiro atoms. The normalized spacial score (nSPS) is 36.9. The molecule has 4 nitrogen and oxygen atoms in total. The van der Waals surface area contributed by atoms with Crippen molar-refractivity contribution in [3.63, 3.8) is 0 Å². The molecule has 0 bridgehead atoms. The molecule has 0 radical (unpaired) electrons. The Balaban J connectivity index is 3.15. The van der Waals surface area contributed by atoms with E-state index in [0.29, 0.717) is 17.3 Å². The van der Waals surface area contributed by atoms with Crippen LogP contribution in [0.3, 0.4) is 0 Å². The second-order valence-electron chi connectivity index (χ2n) is 5.51. The van der Waals surface area contributed by atoms with Crippen LogP contribution in [0.15, 0.2) is 0 Å². The highest BCUT2D eigenvalue weighted by Gasteiger charge is 2.60. The molecule has 0 aliphatic heterocycles. The lowest BCUT2D eigenvalue weighted by atomic mass is 9.65. The predicted octanol–water partition coefficient (Wildman–Crippen LogP) is 2.02. The van der Waals surface area contributed by atoms with Crippen molar-refractivity contribution in [2.24, 2.45) is 16.7 Å². The van der Waals surface area contributed by atoms with Crippen molar-refractivity contribution in [2.45, 2.75) is 26.7 Å². The van der Waals surface area contributed by atoms with Gasteiger partial charge in [0.15, 0.2) is 0 Å². The van der Waals surface area contributed by atoms with Crippen molar-refractivity contribution >= 4 is 34.5 Å². The zero-order chi connectivity index (χ0) is 13.4. The number of carbonyl (C=O) groups is 2. The van der Waals surface area contributed by atoms with E-state index in [0.717, 1.165) is 0 Å². The molecule has 1 N–H and O–H groups in total. The maximum absolute atomic E-state index is 12.2. The van der Waals surface area contributed by atoms with E-state index in [4.69, 9.17) is 0 Å². The molecule has 1 fully saturated rings. The van der Waals surface area contributed by atoms with Crippen LogP contribution in [0.4, 0.5) is 0 Å². The van der Waals surface area contributed by atoms with Crippen molar-refractivity contribution in [1.82, 2.24) is 4.90 Å². The van der Waals surface area contributed by atoms with Gasteiger partial charge in [-0.2, -0.15) is 0 Å². The summed E-state index contributed by atoms with van der Waals surface area (Å²) < 4.78 is 0.678. The van der Waals surface area contributed by atoms with Gasteiger partial charge in [-0.05, 0) is 19.8 Å². The lowest BCUT2D eigenvalue weighted by molar-refractivity contribution is -0.155. The van der Waals surface area contributed by atoms with E-state index < -0.39 is 16.8 Å². The number of halogens is 1. The molecule has 1 amide bonds. The predicted molar refractivity (Wildman–Crippen MR) is 74.2 cm³/mol. The summed E-state index contributed by atoms with van der Waals surface area (Å²) in [5.74, 6) is -0.921. The number of hydrogen-bond donors (Lipinski definition) is 1. The third kappa shape index (κ3) is 2.06. The van der Waals surface area contributed by atoms with Crippen molar-refractivity contribution in [3.05, 3.63) is 0 Å². The molecule has 98 valence electrons. The van der Waals surface area contributed by atoms with Crippen LogP contribution in [0, 0.1) is 16.7 Å². The van der Waals surface area contributed by atoms with Gasteiger partial charge in [0.25, 0.3) is 0 Å². The van der Waals surface area contributed by atoms with Crippen LogP contribution in [0.5, 0.6) is 0 Å². The first kappa shape index (κ1) is 14.7. The number of carboxylic acid groups (broad SMARTS) is 1. The van der Waals surface area contributed by atoms with E-state index in [9.17, 15) is 14.7 Å². The fourth-order valence-corrected chi connectivity index (χ4v) is 4.09. The highest BCUT2D eigenvalue weighted by Crippen LogP contribution is 2.57. The molecule has 1 saturated carbocycles. The standard InChI is InChI=1S/C12H20INO3/c1-11(10(16)17)6-5-8(9(15)14(3)4)12(11,2)7-13/h8H,5-7H2,1-4H3,(H,16,17)/t8-,11+,12-/m1/s1. The molecule has 1 aliphatic carbocycles. The van der Waals surface area contributed by atoms with Crippen LogP contribution in [0.2, 0.25) is 0 Å². The summed E-state index contributed by atoms with van der Waals surface area (Å²) in [5, 5.41) is 9.45. The van der Waals surface area contributed by atoms with E-state index >= 15 is 0 Å². The largest absolute Gasteiger partial charge is 0.481 e. The lowest BCUT2D eigenvalue weighted by Gasteiger charge is -2.40. The van der Waals surface area contributed by atoms with Crippen molar-refractivity contribution in [2.75, 3.05) is 18.5 Å². The zero-order valence-corrected chi connectivity index (χ0v) is 12.9. The summed E-state index contributed by atoms with van der Waals surface area (Å²) in [6, 6.07) is 0. The van der Waals surface area contributed by atoms with Gasteiger partial charge in [0.05, 0.1) is 5.41 Å². The van der Waals surface area contributed by atoms with Gasteiger partial charge >= 0.3 is 5.97 Å². The van der Waals surface area contributed by atoms with Crippen LogP contribution in [-0.2, 0) is 9.59 Å². The summed E-state index contributed by atoms with van der Waals surface area (Å²) in [6.07, 6.45) is 1.24. The Kier molecular flexibility index (Phi) is 4.11. The lowest BCUT2D eigenvalue weighted by Crippen LogP contribution is -2.48. The van der Waals surface area contributed by atoms with E-state index in [1.165, 1.54) is 0 Å². The minimum atomic E-state index is -0.801. The summed E-state index contributed by atoms with van der Waals surface area (Å²) in [5.41, 5.74) is -1.27. The van der Waals surface area contributed by atoms with Gasteiger partial charge in [-0.25, -0.2) is 0 Å². The molecule has 0 aromatic heterocycles. The van der Waals surface area contributed by atoms with Gasteiger partial charge in [0.2, 0.25) is 5.91 Å². The third-order valence-corrected chi connectivity index (χ3v) is 6.04. The quantitative estimate of drug-likeness (QED) is 0.624. The fourth-order valence-electron chi connectivity index (χ4n) is 2.72. The topological polar surface area (TPSA) is 57.6 Å². The van der Waals surface area contributed by atoms with Gasteiger partial charge in [-0.1, -0.05) is 29.5 Å². The van der Waals surface area contributed by atoms with Gasteiger partial charge in [-0.3, -0.25) is 9.59 Å². The molecule has 0 aromatic carbocycles. The Hall–Kier alpha value is -0.330. The van der Waals surface area contributed by atoms with E-state index in [-0.39, 0.29) is 11.8 Å². The fraction of sp³-hybridized carbons (Fsp3) is 0.833. The summed E-state index contributed by atoms with van der Waals surface area (Å²) in [7, 11) is 3.46. The maximum atomic E-state index is 12.2. The summed E-state index contributed by atoms with van der Waals surface area (Å²) in [6.45, 7) is 3.71. The van der Waals surface area contributed by atoms with Crippen molar-refractivity contribution < 1.29 is 14.7 Å². The zero-order valence-electron chi connectivity index (χ0n) is 10.8. The number of hydrogen-bond acceptors (Lipinski definition) is 2. The molecule has 17 heavy (non-hydrogen) atoms. The van der Waals surface area contributed by atoms with Crippen LogP contribution in [0.1, 0.15) is 26.7 Å². The molecule has 0 saturated heterocycles. The highest BCUT2D eigenvalue weighted by molar-refractivity contribution is 14.1. The SMILES string of the molecule is CN(C)C(=O)[C@H]1CC[C@@](C)(C(=O)O)[C@]1(C)CI. The highest BCUT2D eigenvalue weighted by atomic mass is 127. The Morgan fingerprint density at radius 1 is 1.41 bits per heavy atom. The second kappa shape index (κ2) is 4.74. The van der Waals surface area contributed by atoms with Gasteiger partial charge < -0.3 is 10.0 Å². The second-order valence-corrected chi connectivity index (χ2v) is 6.28. The minimum Gasteiger partial charge on any atom is -0.481 e. The average Bonchev–Trinajstić information content (AvgIpc) is 2.53. The van der Waals surface area contributed by atoms with Gasteiger partial charge in [-0.15, -0.1) is 0 Å². The first-order valence-electron chi connectivity index (χ1n) is 5.71. The van der Waals surface area contributed by atoms with Gasteiger partial charge in [0.1, 0.15) is 0 Å². The van der Waals surface area contributed by atoms with Crippen LogP contribution >= 0.6 is 22.6 Å². The Bertz CT molecular complexity index is 345. The molecule has 0 aromatic rings. The molecule has 0 heterocycles. The summed E-state index contributed by atoms with van der Waals surface area (Å²) >= 11 is 2.20. The first-order valence-corrected chi connectivity index (χ1v) is 7.24. The molecule has 3 atom stereocenters. The van der Waals surface area contributed by atoms with Gasteiger partial charge in [0, 0.05) is 29.9 Å². The Morgan fingerprint density at radius 3 is 2.29 bits per heavy atom. The molecular formula is C12H20INO3. The summed E-state index contributed by atoms with van der Waals surface area (Å²) in [4.78, 5) is 25.2. The Morgan fingerprint density at radius 2 is 1.94 bits per heavy atom. The Labute approximate surface area is 116 Å². The number of amides is 1.